The van der Waals surface area contributed by atoms with Gasteiger partial charge in [0, 0.05) is 16.4 Å². The summed E-state index contributed by atoms with van der Waals surface area (Å²) in [6.45, 7) is 0. The fraction of sp³-hybridized carbons (Fsp3) is 0.467. The predicted octanol–water partition coefficient (Wildman–Crippen LogP) is 5.04. The molecule has 0 amide bonds. The highest BCUT2D eigenvalue weighted by Crippen LogP contribution is 2.26. The van der Waals surface area contributed by atoms with E-state index in [4.69, 9.17) is 0 Å². The van der Waals surface area contributed by atoms with Gasteiger partial charge in [0.1, 0.15) is 0 Å². The number of rotatable bonds is 2. The van der Waals surface area contributed by atoms with Crippen LogP contribution < -0.4 is 5.32 Å². The number of fused-ring (bicyclic) bond motifs is 1. The molecule has 1 heterocycles. The third-order valence-electron chi connectivity index (χ3n) is 3.68. The van der Waals surface area contributed by atoms with Crippen LogP contribution in [0.1, 0.15) is 38.5 Å². The van der Waals surface area contributed by atoms with Crippen LogP contribution in [0.5, 0.6) is 0 Å². The second kappa shape index (κ2) is 5.09. The number of anilines is 1. The molecule has 1 aliphatic rings. The van der Waals surface area contributed by atoms with Crippen LogP contribution in [0.15, 0.2) is 29.6 Å². The SMILES string of the molecule is c1cc2cc(NC3CCCCCC3)ccc2s1. The van der Waals surface area contributed by atoms with Gasteiger partial charge >= 0.3 is 0 Å². The van der Waals surface area contributed by atoms with Crippen molar-refractivity contribution in [2.24, 2.45) is 0 Å². The van der Waals surface area contributed by atoms with Crippen molar-refractivity contribution < 1.29 is 0 Å². The van der Waals surface area contributed by atoms with Gasteiger partial charge in [-0.2, -0.15) is 0 Å². The molecule has 1 fully saturated rings. The van der Waals surface area contributed by atoms with E-state index in [1.165, 1.54) is 54.3 Å². The molecule has 0 atom stereocenters. The summed E-state index contributed by atoms with van der Waals surface area (Å²) in [7, 11) is 0. The third-order valence-corrected chi connectivity index (χ3v) is 4.58. The summed E-state index contributed by atoms with van der Waals surface area (Å²) in [6, 6.07) is 9.64. The van der Waals surface area contributed by atoms with E-state index in [2.05, 4.69) is 35.0 Å². The molecule has 17 heavy (non-hydrogen) atoms. The summed E-state index contributed by atoms with van der Waals surface area (Å²) in [5.74, 6) is 0. The Labute approximate surface area is 107 Å². The van der Waals surface area contributed by atoms with Gasteiger partial charge in [0.2, 0.25) is 0 Å². The molecule has 0 unspecified atom stereocenters. The summed E-state index contributed by atoms with van der Waals surface area (Å²) >= 11 is 1.82. The van der Waals surface area contributed by atoms with Crippen molar-refractivity contribution in [3.63, 3.8) is 0 Å². The number of hydrogen-bond donors (Lipinski definition) is 1. The summed E-state index contributed by atoms with van der Waals surface area (Å²) < 4.78 is 1.39. The molecule has 1 aliphatic carbocycles. The molecule has 2 aromatic rings. The standard InChI is InChI=1S/C15H19NS/c1-2-4-6-13(5-3-1)16-14-7-8-15-12(11-14)9-10-17-15/h7-11,13,16H,1-6H2. The van der Waals surface area contributed by atoms with E-state index < -0.39 is 0 Å². The number of nitrogens with one attached hydrogen (secondary N) is 1. The van der Waals surface area contributed by atoms with Crippen LogP contribution in [0.4, 0.5) is 5.69 Å². The van der Waals surface area contributed by atoms with E-state index in [1.807, 2.05) is 11.3 Å². The number of thiophene rings is 1. The Morgan fingerprint density at radius 2 is 1.82 bits per heavy atom. The van der Waals surface area contributed by atoms with E-state index >= 15 is 0 Å². The topological polar surface area (TPSA) is 12.0 Å². The molecular formula is C15H19NS. The van der Waals surface area contributed by atoms with Crippen LogP contribution in [0.3, 0.4) is 0 Å². The predicted molar refractivity (Wildman–Crippen MR) is 76.9 cm³/mol. The Morgan fingerprint density at radius 1 is 1.00 bits per heavy atom. The van der Waals surface area contributed by atoms with Crippen LogP contribution in [0.2, 0.25) is 0 Å². The van der Waals surface area contributed by atoms with E-state index in [9.17, 15) is 0 Å². The number of hydrogen-bond acceptors (Lipinski definition) is 2. The first-order valence-corrected chi connectivity index (χ1v) is 7.53. The van der Waals surface area contributed by atoms with Gasteiger partial charge in [-0.3, -0.25) is 0 Å². The maximum atomic E-state index is 3.71. The van der Waals surface area contributed by atoms with Crippen molar-refractivity contribution in [3.8, 4) is 0 Å². The molecule has 1 N–H and O–H groups in total. The normalized spacial score (nSPS) is 18.1. The Bertz CT molecular complexity index is 480. The lowest BCUT2D eigenvalue weighted by atomic mass is 10.1. The van der Waals surface area contributed by atoms with Crippen molar-refractivity contribution in [3.05, 3.63) is 29.6 Å². The fourth-order valence-electron chi connectivity index (χ4n) is 2.72. The fourth-order valence-corrected chi connectivity index (χ4v) is 3.49. The van der Waals surface area contributed by atoms with Gasteiger partial charge in [-0.25, -0.2) is 0 Å². The van der Waals surface area contributed by atoms with Crippen LogP contribution in [0.25, 0.3) is 10.1 Å². The van der Waals surface area contributed by atoms with Crippen LogP contribution >= 0.6 is 11.3 Å². The third kappa shape index (κ3) is 2.63. The van der Waals surface area contributed by atoms with Gasteiger partial charge < -0.3 is 5.32 Å². The van der Waals surface area contributed by atoms with Gasteiger partial charge in [0.05, 0.1) is 0 Å². The molecule has 0 spiro atoms. The monoisotopic (exact) mass is 245 g/mol. The lowest BCUT2D eigenvalue weighted by Gasteiger charge is -2.17. The summed E-state index contributed by atoms with van der Waals surface area (Å²) in [5.41, 5.74) is 1.29. The zero-order valence-corrected chi connectivity index (χ0v) is 10.9. The van der Waals surface area contributed by atoms with Crippen molar-refractivity contribution in [1.29, 1.82) is 0 Å². The molecular weight excluding hydrogens is 226 g/mol. The Kier molecular flexibility index (Phi) is 3.32. The highest BCUT2D eigenvalue weighted by Gasteiger charge is 2.11. The molecule has 90 valence electrons. The first-order chi connectivity index (χ1) is 8.42. The molecule has 0 saturated heterocycles. The lowest BCUT2D eigenvalue weighted by Crippen LogP contribution is -2.17. The Hall–Kier alpha value is -1.02. The van der Waals surface area contributed by atoms with E-state index in [0.717, 1.165) is 0 Å². The molecule has 3 rings (SSSR count). The van der Waals surface area contributed by atoms with Gasteiger partial charge in [-0.05, 0) is 47.9 Å². The smallest absolute Gasteiger partial charge is 0.0349 e. The van der Waals surface area contributed by atoms with Gasteiger partial charge in [-0.15, -0.1) is 11.3 Å². The zero-order valence-electron chi connectivity index (χ0n) is 10.1. The first kappa shape index (κ1) is 11.1. The van der Waals surface area contributed by atoms with Crippen LogP contribution in [-0.4, -0.2) is 6.04 Å². The highest BCUT2D eigenvalue weighted by atomic mass is 32.1. The minimum absolute atomic E-state index is 0.689. The van der Waals surface area contributed by atoms with Crippen molar-refractivity contribution in [1.82, 2.24) is 0 Å². The van der Waals surface area contributed by atoms with E-state index in [-0.39, 0.29) is 0 Å². The molecule has 1 aromatic heterocycles. The Balaban J connectivity index is 1.74. The van der Waals surface area contributed by atoms with Gasteiger partial charge in [-0.1, -0.05) is 25.7 Å². The molecule has 0 radical (unpaired) electrons. The van der Waals surface area contributed by atoms with E-state index in [0.29, 0.717) is 6.04 Å². The average Bonchev–Trinajstić information content (AvgIpc) is 2.65. The summed E-state index contributed by atoms with van der Waals surface area (Å²) in [5, 5.41) is 7.24. The van der Waals surface area contributed by atoms with E-state index in [1.54, 1.807) is 0 Å². The average molecular weight is 245 g/mol. The quantitative estimate of drug-likeness (QED) is 0.731. The second-order valence-corrected chi connectivity index (χ2v) is 5.95. The summed E-state index contributed by atoms with van der Waals surface area (Å²) in [4.78, 5) is 0. The maximum Gasteiger partial charge on any atom is 0.0349 e. The van der Waals surface area contributed by atoms with Crippen LogP contribution in [-0.2, 0) is 0 Å². The lowest BCUT2D eigenvalue weighted by molar-refractivity contribution is 0.620. The highest BCUT2D eigenvalue weighted by molar-refractivity contribution is 7.17. The molecule has 1 nitrogen and oxygen atoms in total. The molecule has 0 bridgehead atoms. The van der Waals surface area contributed by atoms with Crippen molar-refractivity contribution >= 4 is 27.1 Å². The molecule has 1 saturated carbocycles. The minimum atomic E-state index is 0.689. The van der Waals surface area contributed by atoms with Gasteiger partial charge in [0.25, 0.3) is 0 Å². The number of benzene rings is 1. The van der Waals surface area contributed by atoms with Gasteiger partial charge in [0.15, 0.2) is 0 Å². The van der Waals surface area contributed by atoms with Crippen molar-refractivity contribution in [2.45, 2.75) is 44.6 Å². The zero-order chi connectivity index (χ0) is 11.5. The molecule has 1 aromatic carbocycles. The largest absolute Gasteiger partial charge is 0.382 e. The first-order valence-electron chi connectivity index (χ1n) is 6.66. The minimum Gasteiger partial charge on any atom is -0.382 e. The molecule has 2 heteroatoms. The van der Waals surface area contributed by atoms with Crippen LogP contribution in [0, 0.1) is 0 Å². The maximum absolute atomic E-state index is 3.71. The summed E-state index contributed by atoms with van der Waals surface area (Å²) in [6.07, 6.45) is 8.28. The molecule has 0 aliphatic heterocycles. The second-order valence-electron chi connectivity index (χ2n) is 5.01. The van der Waals surface area contributed by atoms with Crippen molar-refractivity contribution in [2.75, 3.05) is 5.32 Å². The Morgan fingerprint density at radius 3 is 2.65 bits per heavy atom.